The summed E-state index contributed by atoms with van der Waals surface area (Å²) in [6, 6.07) is -4.47. The van der Waals surface area contributed by atoms with Crippen LogP contribution in [-0.4, -0.2) is 51.7 Å². The SMILES string of the molecule is CC(C)(C)N1C(=O)C(C(C(F)(F)F)C(F)(F)F)N(C2CCCC2)C1=O. The maximum absolute atomic E-state index is 13.2. The van der Waals surface area contributed by atoms with Crippen molar-refractivity contribution in [2.45, 2.75) is 76.4 Å². The standard InChI is InChI=1S/C15H20F6N2O2/c1-13(2,3)23-11(24)9(10(14(16,17)18)15(19,20)21)22(12(23)25)8-6-4-5-7-8/h8-10H,4-7H2,1-3H3. The summed E-state index contributed by atoms with van der Waals surface area (Å²) in [6.45, 7) is 4.19. The second-order valence-corrected chi connectivity index (χ2v) is 7.48. The van der Waals surface area contributed by atoms with Gasteiger partial charge in [0.05, 0.1) is 0 Å². The topological polar surface area (TPSA) is 40.6 Å². The van der Waals surface area contributed by atoms with Crippen molar-refractivity contribution in [3.8, 4) is 0 Å². The fourth-order valence-corrected chi connectivity index (χ4v) is 3.61. The number of halogens is 6. The molecular weight excluding hydrogens is 354 g/mol. The van der Waals surface area contributed by atoms with Crippen molar-refractivity contribution in [2.75, 3.05) is 0 Å². The highest BCUT2D eigenvalue weighted by Gasteiger charge is 2.68. The molecule has 144 valence electrons. The molecule has 2 rings (SSSR count). The third-order valence-electron chi connectivity index (χ3n) is 4.60. The molecule has 10 heteroatoms. The summed E-state index contributed by atoms with van der Waals surface area (Å²) in [5.41, 5.74) is -1.22. The van der Waals surface area contributed by atoms with Crippen LogP contribution in [0.2, 0.25) is 0 Å². The van der Waals surface area contributed by atoms with E-state index < -0.39 is 47.8 Å². The molecule has 1 saturated carbocycles. The lowest BCUT2D eigenvalue weighted by atomic mass is 9.94. The average Bonchev–Trinajstić information content (AvgIpc) is 2.93. The monoisotopic (exact) mass is 374 g/mol. The van der Waals surface area contributed by atoms with Gasteiger partial charge in [0, 0.05) is 11.6 Å². The minimum Gasteiger partial charge on any atom is -0.308 e. The zero-order valence-corrected chi connectivity index (χ0v) is 14.0. The summed E-state index contributed by atoms with van der Waals surface area (Å²) < 4.78 is 79.3. The number of rotatable bonds is 2. The molecule has 1 heterocycles. The number of nitrogens with zero attached hydrogens (tertiary/aromatic N) is 2. The van der Waals surface area contributed by atoms with Crippen molar-refractivity contribution in [3.63, 3.8) is 0 Å². The summed E-state index contributed by atoms with van der Waals surface area (Å²) in [7, 11) is 0. The largest absolute Gasteiger partial charge is 0.403 e. The van der Waals surface area contributed by atoms with E-state index in [0.29, 0.717) is 22.6 Å². The lowest BCUT2D eigenvalue weighted by Crippen LogP contribution is -2.55. The van der Waals surface area contributed by atoms with Crippen molar-refractivity contribution in [2.24, 2.45) is 5.92 Å². The number of carbonyl (C=O) groups is 2. The van der Waals surface area contributed by atoms with Crippen molar-refractivity contribution in [1.29, 1.82) is 0 Å². The Balaban J connectivity index is 2.57. The molecule has 2 fully saturated rings. The average molecular weight is 374 g/mol. The molecule has 3 amide bonds. The van der Waals surface area contributed by atoms with E-state index in [2.05, 4.69) is 0 Å². The third kappa shape index (κ3) is 3.57. The summed E-state index contributed by atoms with van der Waals surface area (Å²) in [5, 5.41) is 0. The molecule has 1 saturated heterocycles. The Kier molecular flexibility index (Phi) is 4.80. The molecular formula is C15H20F6N2O2. The van der Waals surface area contributed by atoms with E-state index in [1.807, 2.05) is 0 Å². The number of urea groups is 1. The van der Waals surface area contributed by atoms with E-state index in [4.69, 9.17) is 0 Å². The highest BCUT2D eigenvalue weighted by Crippen LogP contribution is 2.47. The fraction of sp³-hybridized carbons (Fsp3) is 0.867. The van der Waals surface area contributed by atoms with Crippen LogP contribution in [0.5, 0.6) is 0 Å². The van der Waals surface area contributed by atoms with Crippen LogP contribution in [0.1, 0.15) is 46.5 Å². The van der Waals surface area contributed by atoms with Crippen LogP contribution in [0.4, 0.5) is 31.1 Å². The van der Waals surface area contributed by atoms with Crippen LogP contribution in [0.25, 0.3) is 0 Å². The van der Waals surface area contributed by atoms with Crippen LogP contribution < -0.4 is 0 Å². The van der Waals surface area contributed by atoms with Gasteiger partial charge in [-0.1, -0.05) is 12.8 Å². The molecule has 1 unspecified atom stereocenters. The van der Waals surface area contributed by atoms with Gasteiger partial charge in [-0.15, -0.1) is 0 Å². The Bertz CT molecular complexity index is 532. The van der Waals surface area contributed by atoms with Crippen molar-refractivity contribution >= 4 is 11.9 Å². The second-order valence-electron chi connectivity index (χ2n) is 7.48. The van der Waals surface area contributed by atoms with E-state index in [9.17, 15) is 35.9 Å². The molecule has 1 aliphatic carbocycles. The number of hydrogen-bond acceptors (Lipinski definition) is 2. The van der Waals surface area contributed by atoms with E-state index in [1.165, 1.54) is 20.8 Å². The highest BCUT2D eigenvalue weighted by molar-refractivity contribution is 6.05. The molecule has 0 N–H and O–H groups in total. The molecule has 0 aromatic carbocycles. The van der Waals surface area contributed by atoms with Gasteiger partial charge in [0.15, 0.2) is 5.92 Å². The zero-order valence-electron chi connectivity index (χ0n) is 14.0. The number of alkyl halides is 6. The molecule has 0 aromatic heterocycles. The van der Waals surface area contributed by atoms with Gasteiger partial charge in [-0.3, -0.25) is 9.69 Å². The summed E-state index contributed by atoms with van der Waals surface area (Å²) in [6.07, 6.45) is -9.62. The van der Waals surface area contributed by atoms with Gasteiger partial charge in [0.1, 0.15) is 6.04 Å². The van der Waals surface area contributed by atoms with Gasteiger partial charge < -0.3 is 4.90 Å². The fourth-order valence-electron chi connectivity index (χ4n) is 3.61. The van der Waals surface area contributed by atoms with Gasteiger partial charge in [-0.25, -0.2) is 4.79 Å². The Morgan fingerprint density at radius 1 is 0.920 bits per heavy atom. The number of amides is 3. The van der Waals surface area contributed by atoms with Crippen LogP contribution in [0, 0.1) is 5.92 Å². The first kappa shape index (κ1) is 19.8. The smallest absolute Gasteiger partial charge is 0.308 e. The maximum atomic E-state index is 13.2. The van der Waals surface area contributed by atoms with Gasteiger partial charge in [-0.05, 0) is 33.6 Å². The van der Waals surface area contributed by atoms with Gasteiger partial charge in [-0.2, -0.15) is 26.3 Å². The quantitative estimate of drug-likeness (QED) is 0.539. The lowest BCUT2D eigenvalue weighted by Gasteiger charge is -2.34. The first-order chi connectivity index (χ1) is 11.2. The third-order valence-corrected chi connectivity index (χ3v) is 4.60. The number of imide groups is 1. The summed E-state index contributed by atoms with van der Waals surface area (Å²) >= 11 is 0. The molecule has 0 radical (unpaired) electrons. The zero-order chi connectivity index (χ0) is 19.4. The molecule has 1 aliphatic heterocycles. The highest BCUT2D eigenvalue weighted by atomic mass is 19.4. The van der Waals surface area contributed by atoms with Crippen LogP contribution >= 0.6 is 0 Å². The first-order valence-corrected chi connectivity index (χ1v) is 7.97. The van der Waals surface area contributed by atoms with Crippen molar-refractivity contribution < 1.29 is 35.9 Å². The van der Waals surface area contributed by atoms with Crippen molar-refractivity contribution in [3.05, 3.63) is 0 Å². The predicted molar refractivity (Wildman–Crippen MR) is 75.5 cm³/mol. The Morgan fingerprint density at radius 2 is 1.36 bits per heavy atom. The number of hydrogen-bond donors (Lipinski definition) is 0. The molecule has 0 bridgehead atoms. The molecule has 2 aliphatic rings. The Morgan fingerprint density at radius 3 is 1.72 bits per heavy atom. The summed E-state index contributed by atoms with van der Waals surface area (Å²) in [5.74, 6) is -5.34. The molecule has 0 spiro atoms. The predicted octanol–water partition coefficient (Wildman–Crippen LogP) is 4.10. The first-order valence-electron chi connectivity index (χ1n) is 7.97. The molecule has 25 heavy (non-hydrogen) atoms. The van der Waals surface area contributed by atoms with Crippen LogP contribution in [0.15, 0.2) is 0 Å². The molecule has 0 aromatic rings. The summed E-state index contributed by atoms with van der Waals surface area (Å²) in [4.78, 5) is 26.2. The van der Waals surface area contributed by atoms with E-state index in [0.717, 1.165) is 0 Å². The van der Waals surface area contributed by atoms with E-state index >= 15 is 0 Å². The maximum Gasteiger partial charge on any atom is 0.403 e. The number of carbonyl (C=O) groups excluding carboxylic acids is 2. The van der Waals surface area contributed by atoms with Crippen LogP contribution in [0.3, 0.4) is 0 Å². The van der Waals surface area contributed by atoms with Crippen molar-refractivity contribution in [1.82, 2.24) is 9.80 Å². The van der Waals surface area contributed by atoms with Gasteiger partial charge in [0.2, 0.25) is 0 Å². The lowest BCUT2D eigenvalue weighted by molar-refractivity contribution is -0.294. The molecule has 1 atom stereocenters. The van der Waals surface area contributed by atoms with E-state index in [-0.39, 0.29) is 12.8 Å². The normalized spacial score (nSPS) is 24.2. The van der Waals surface area contributed by atoms with Gasteiger partial charge in [0.25, 0.3) is 5.91 Å². The Hall–Kier alpha value is -1.48. The molecule has 4 nitrogen and oxygen atoms in total. The van der Waals surface area contributed by atoms with E-state index in [1.54, 1.807) is 0 Å². The minimum atomic E-state index is -5.69. The Labute approximate surface area is 141 Å². The minimum absolute atomic E-state index is 0.288. The van der Waals surface area contributed by atoms with Gasteiger partial charge >= 0.3 is 18.4 Å². The second kappa shape index (κ2) is 6.05. The van der Waals surface area contributed by atoms with Crippen LogP contribution in [-0.2, 0) is 4.79 Å².